The predicted octanol–water partition coefficient (Wildman–Crippen LogP) is 1.99. The minimum atomic E-state index is -2.47. The molecule has 0 saturated carbocycles. The number of benzene rings is 1. The number of carbonyl (C=O) groups excluding carboxylic acids is 1. The number of aliphatic hydroxyl groups excluding tert-OH is 1. The zero-order valence-corrected chi connectivity index (χ0v) is 13.3. The Bertz CT molecular complexity index is 501. The van der Waals surface area contributed by atoms with Crippen LogP contribution in [0.4, 0.5) is 0 Å². The van der Waals surface area contributed by atoms with E-state index in [4.69, 9.17) is 9.47 Å². The van der Waals surface area contributed by atoms with E-state index in [0.717, 1.165) is 4.47 Å². The third-order valence-electron chi connectivity index (χ3n) is 2.89. The Hall–Kier alpha value is -1.60. The van der Waals surface area contributed by atoms with Gasteiger partial charge in [-0.1, -0.05) is 22.9 Å². The molecular formula is C14H17BrO6. The SMILES string of the molecule is CCC(C)OC(=O)C(CO)(Oc1ccc(Br)cc1)C(=O)O. The highest BCUT2D eigenvalue weighted by Gasteiger charge is 2.51. The number of carbonyl (C=O) groups is 2. The van der Waals surface area contributed by atoms with Crippen molar-refractivity contribution in [2.24, 2.45) is 0 Å². The van der Waals surface area contributed by atoms with Crippen LogP contribution in [0.15, 0.2) is 28.7 Å². The first-order valence-corrected chi connectivity index (χ1v) is 7.15. The molecule has 6 nitrogen and oxygen atoms in total. The number of rotatable bonds is 7. The molecule has 2 N–H and O–H groups in total. The second-order valence-electron chi connectivity index (χ2n) is 4.47. The van der Waals surface area contributed by atoms with Crippen LogP contribution in [0.2, 0.25) is 0 Å². The summed E-state index contributed by atoms with van der Waals surface area (Å²) in [6.07, 6.45) is 0.0433. The van der Waals surface area contributed by atoms with Crippen LogP contribution in [0.25, 0.3) is 0 Å². The monoisotopic (exact) mass is 360 g/mol. The summed E-state index contributed by atoms with van der Waals surface area (Å²) in [6, 6.07) is 6.21. The molecule has 0 bridgehead atoms. The molecule has 0 fully saturated rings. The summed E-state index contributed by atoms with van der Waals surface area (Å²) in [7, 11) is 0. The fraction of sp³-hybridized carbons (Fsp3) is 0.429. The first-order valence-electron chi connectivity index (χ1n) is 6.35. The van der Waals surface area contributed by atoms with Crippen molar-refractivity contribution < 1.29 is 29.3 Å². The molecule has 0 aromatic heterocycles. The second kappa shape index (κ2) is 7.42. The zero-order chi connectivity index (χ0) is 16.0. The molecule has 0 aliphatic carbocycles. The minimum Gasteiger partial charge on any atom is -0.478 e. The molecule has 0 aliphatic heterocycles. The van der Waals surface area contributed by atoms with Gasteiger partial charge in [0.2, 0.25) is 0 Å². The van der Waals surface area contributed by atoms with Crippen LogP contribution in [-0.4, -0.2) is 40.5 Å². The molecule has 0 amide bonds. The van der Waals surface area contributed by atoms with Crippen molar-refractivity contribution in [2.75, 3.05) is 6.61 Å². The van der Waals surface area contributed by atoms with Gasteiger partial charge in [0.25, 0.3) is 0 Å². The Kier molecular flexibility index (Phi) is 6.17. The summed E-state index contributed by atoms with van der Waals surface area (Å²) in [5, 5.41) is 18.7. The van der Waals surface area contributed by atoms with E-state index in [2.05, 4.69) is 15.9 Å². The maximum atomic E-state index is 12.1. The average molecular weight is 361 g/mol. The molecule has 1 rings (SSSR count). The van der Waals surface area contributed by atoms with Crippen molar-refractivity contribution in [3.63, 3.8) is 0 Å². The fourth-order valence-electron chi connectivity index (χ4n) is 1.40. The molecule has 7 heteroatoms. The molecule has 21 heavy (non-hydrogen) atoms. The molecule has 0 aliphatic rings. The molecule has 2 atom stereocenters. The largest absolute Gasteiger partial charge is 0.478 e. The van der Waals surface area contributed by atoms with Gasteiger partial charge >= 0.3 is 17.5 Å². The zero-order valence-electron chi connectivity index (χ0n) is 11.7. The second-order valence-corrected chi connectivity index (χ2v) is 5.39. The van der Waals surface area contributed by atoms with Gasteiger partial charge in [0.05, 0.1) is 6.10 Å². The van der Waals surface area contributed by atoms with E-state index < -0.39 is 30.3 Å². The van der Waals surface area contributed by atoms with E-state index in [1.807, 2.05) is 0 Å². The number of hydrogen-bond acceptors (Lipinski definition) is 5. The van der Waals surface area contributed by atoms with Gasteiger partial charge in [-0.2, -0.15) is 0 Å². The fourth-order valence-corrected chi connectivity index (χ4v) is 1.67. The summed E-state index contributed by atoms with van der Waals surface area (Å²) in [5.74, 6) is -2.60. The van der Waals surface area contributed by atoms with E-state index in [0.29, 0.717) is 6.42 Å². The van der Waals surface area contributed by atoms with Crippen LogP contribution < -0.4 is 4.74 Å². The molecular weight excluding hydrogens is 344 g/mol. The number of carboxylic acids is 1. The standard InChI is InChI=1S/C14H17BrO6/c1-3-9(2)20-13(19)14(8-16,12(17)18)21-11-6-4-10(15)5-7-11/h4-7,9,16H,3,8H2,1-2H3,(H,17,18). The Morgan fingerprint density at radius 2 is 1.90 bits per heavy atom. The lowest BCUT2D eigenvalue weighted by atomic mass is 10.1. The number of aliphatic hydroxyl groups is 1. The quantitative estimate of drug-likeness (QED) is 0.570. The summed E-state index contributed by atoms with van der Waals surface area (Å²) in [5.41, 5.74) is -2.47. The molecule has 0 saturated heterocycles. The molecule has 0 radical (unpaired) electrons. The Labute approximate surface area is 130 Å². The number of halogens is 1. The summed E-state index contributed by atoms with van der Waals surface area (Å²) < 4.78 is 11.0. The van der Waals surface area contributed by atoms with Crippen LogP contribution in [-0.2, 0) is 14.3 Å². The van der Waals surface area contributed by atoms with Gasteiger partial charge in [-0.3, -0.25) is 0 Å². The smallest absolute Gasteiger partial charge is 0.365 e. The topological polar surface area (TPSA) is 93.1 Å². The Balaban J connectivity index is 3.05. The third kappa shape index (κ3) is 4.18. The number of hydrogen-bond donors (Lipinski definition) is 2. The van der Waals surface area contributed by atoms with Crippen molar-refractivity contribution in [3.8, 4) is 5.75 Å². The van der Waals surface area contributed by atoms with Crippen molar-refractivity contribution in [1.82, 2.24) is 0 Å². The maximum absolute atomic E-state index is 12.1. The average Bonchev–Trinajstić information content (AvgIpc) is 2.46. The number of carboxylic acid groups (broad SMARTS) is 1. The minimum absolute atomic E-state index is 0.135. The van der Waals surface area contributed by atoms with Crippen LogP contribution in [0.1, 0.15) is 20.3 Å². The molecule has 2 unspecified atom stereocenters. The van der Waals surface area contributed by atoms with Crippen molar-refractivity contribution in [2.45, 2.75) is 32.0 Å². The molecule has 1 aromatic carbocycles. The lowest BCUT2D eigenvalue weighted by Crippen LogP contribution is -2.56. The highest BCUT2D eigenvalue weighted by Crippen LogP contribution is 2.23. The molecule has 116 valence electrons. The highest BCUT2D eigenvalue weighted by atomic mass is 79.9. The van der Waals surface area contributed by atoms with E-state index in [1.54, 1.807) is 26.0 Å². The summed E-state index contributed by atoms with van der Waals surface area (Å²) >= 11 is 3.23. The van der Waals surface area contributed by atoms with Gasteiger partial charge in [-0.05, 0) is 37.6 Å². The van der Waals surface area contributed by atoms with Crippen molar-refractivity contribution in [3.05, 3.63) is 28.7 Å². The van der Waals surface area contributed by atoms with Crippen molar-refractivity contribution in [1.29, 1.82) is 0 Å². The third-order valence-corrected chi connectivity index (χ3v) is 3.42. The van der Waals surface area contributed by atoms with Crippen LogP contribution in [0, 0.1) is 0 Å². The van der Waals surface area contributed by atoms with Gasteiger partial charge in [-0.15, -0.1) is 0 Å². The normalized spacial score (nSPS) is 14.9. The maximum Gasteiger partial charge on any atom is 0.365 e. The molecule has 1 aromatic rings. The molecule has 0 spiro atoms. The van der Waals surface area contributed by atoms with Crippen LogP contribution >= 0.6 is 15.9 Å². The van der Waals surface area contributed by atoms with Gasteiger partial charge in [-0.25, -0.2) is 9.59 Å². The van der Waals surface area contributed by atoms with E-state index in [1.165, 1.54) is 12.1 Å². The van der Waals surface area contributed by atoms with Crippen molar-refractivity contribution >= 4 is 27.9 Å². The Morgan fingerprint density at radius 1 is 1.33 bits per heavy atom. The van der Waals surface area contributed by atoms with Gasteiger partial charge in [0.15, 0.2) is 0 Å². The number of esters is 1. The van der Waals surface area contributed by atoms with Crippen LogP contribution in [0.5, 0.6) is 5.75 Å². The summed E-state index contributed by atoms with van der Waals surface area (Å²) in [4.78, 5) is 23.5. The highest BCUT2D eigenvalue weighted by molar-refractivity contribution is 9.10. The van der Waals surface area contributed by atoms with Gasteiger partial charge in [0.1, 0.15) is 12.4 Å². The van der Waals surface area contributed by atoms with E-state index >= 15 is 0 Å². The van der Waals surface area contributed by atoms with E-state index in [9.17, 15) is 19.8 Å². The van der Waals surface area contributed by atoms with E-state index in [-0.39, 0.29) is 5.75 Å². The number of ether oxygens (including phenoxy) is 2. The van der Waals surface area contributed by atoms with Gasteiger partial charge < -0.3 is 19.7 Å². The Morgan fingerprint density at radius 3 is 2.33 bits per heavy atom. The first-order chi connectivity index (χ1) is 9.85. The molecule has 0 heterocycles. The number of aliphatic carboxylic acids is 1. The summed E-state index contributed by atoms with van der Waals surface area (Å²) in [6.45, 7) is 2.38. The lowest BCUT2D eigenvalue weighted by Gasteiger charge is -2.27. The predicted molar refractivity (Wildman–Crippen MR) is 78.1 cm³/mol. The van der Waals surface area contributed by atoms with Gasteiger partial charge in [0, 0.05) is 4.47 Å². The first kappa shape index (κ1) is 17.5. The van der Waals surface area contributed by atoms with Crippen LogP contribution in [0.3, 0.4) is 0 Å². The lowest BCUT2D eigenvalue weighted by molar-refractivity contribution is -0.183.